The standard InChI is InChI=1S/C19H23N3O4S/c1-12(15-10-14(25-2)6-7-16(15)26-3)20-17(23)9-13-11-27-19(21-13)22-8-4-5-18(22)24/h6-7,10-12H,4-5,8-9H2,1-3H3,(H,20,23)/t12-/m0/s1. The Morgan fingerprint density at radius 2 is 2.19 bits per heavy atom. The van der Waals surface area contributed by atoms with E-state index in [9.17, 15) is 9.59 Å². The van der Waals surface area contributed by atoms with Gasteiger partial charge in [0.2, 0.25) is 11.8 Å². The zero-order valence-corrected chi connectivity index (χ0v) is 16.5. The second-order valence-corrected chi connectivity index (χ2v) is 7.18. The Hall–Kier alpha value is -2.61. The maximum atomic E-state index is 12.4. The van der Waals surface area contributed by atoms with Crippen LogP contribution in [0.5, 0.6) is 11.5 Å². The van der Waals surface area contributed by atoms with Gasteiger partial charge in [-0.1, -0.05) is 0 Å². The van der Waals surface area contributed by atoms with Gasteiger partial charge in [0.25, 0.3) is 0 Å². The highest BCUT2D eigenvalue weighted by Gasteiger charge is 2.24. The quantitative estimate of drug-likeness (QED) is 0.787. The lowest BCUT2D eigenvalue weighted by Crippen LogP contribution is -2.28. The predicted molar refractivity (Wildman–Crippen MR) is 104 cm³/mol. The number of anilines is 1. The summed E-state index contributed by atoms with van der Waals surface area (Å²) < 4.78 is 10.6. The van der Waals surface area contributed by atoms with Crippen LogP contribution in [0.1, 0.15) is 37.1 Å². The van der Waals surface area contributed by atoms with Crippen molar-refractivity contribution in [2.45, 2.75) is 32.2 Å². The van der Waals surface area contributed by atoms with Crippen molar-refractivity contribution in [1.29, 1.82) is 0 Å². The lowest BCUT2D eigenvalue weighted by molar-refractivity contribution is -0.121. The molecule has 8 heteroatoms. The SMILES string of the molecule is COc1ccc(OC)c([C@H](C)NC(=O)Cc2csc(N3CCCC3=O)n2)c1. The minimum atomic E-state index is -0.249. The Morgan fingerprint density at radius 3 is 2.85 bits per heavy atom. The molecule has 27 heavy (non-hydrogen) atoms. The number of nitrogens with zero attached hydrogens (tertiary/aromatic N) is 2. The van der Waals surface area contributed by atoms with Gasteiger partial charge in [-0.2, -0.15) is 0 Å². The van der Waals surface area contributed by atoms with Crippen LogP contribution in [-0.4, -0.2) is 37.6 Å². The zero-order valence-electron chi connectivity index (χ0n) is 15.7. The number of benzene rings is 1. The molecule has 2 heterocycles. The molecule has 0 bridgehead atoms. The number of methoxy groups -OCH3 is 2. The summed E-state index contributed by atoms with van der Waals surface area (Å²) in [5.74, 6) is 1.34. The van der Waals surface area contributed by atoms with Crippen molar-refractivity contribution in [3.05, 3.63) is 34.8 Å². The number of hydrogen-bond donors (Lipinski definition) is 1. The van der Waals surface area contributed by atoms with Gasteiger partial charge in [-0.25, -0.2) is 4.98 Å². The molecule has 1 aliphatic rings. The number of carbonyl (C=O) groups excluding carboxylic acids is 2. The molecule has 7 nitrogen and oxygen atoms in total. The summed E-state index contributed by atoms with van der Waals surface area (Å²) in [6.45, 7) is 2.59. The molecule has 1 atom stereocenters. The molecule has 1 fully saturated rings. The van der Waals surface area contributed by atoms with Gasteiger partial charge in [-0.15, -0.1) is 11.3 Å². The van der Waals surface area contributed by atoms with Crippen molar-refractivity contribution >= 4 is 28.3 Å². The van der Waals surface area contributed by atoms with Crippen molar-refractivity contribution in [2.75, 3.05) is 25.7 Å². The lowest BCUT2D eigenvalue weighted by atomic mass is 10.1. The van der Waals surface area contributed by atoms with Crippen LogP contribution in [0.15, 0.2) is 23.6 Å². The number of ether oxygens (including phenoxy) is 2. The molecule has 1 aromatic carbocycles. The molecule has 0 spiro atoms. The van der Waals surface area contributed by atoms with E-state index in [1.165, 1.54) is 11.3 Å². The maximum Gasteiger partial charge on any atom is 0.228 e. The number of thiazole rings is 1. The molecule has 144 valence electrons. The van der Waals surface area contributed by atoms with Crippen molar-refractivity contribution in [3.63, 3.8) is 0 Å². The van der Waals surface area contributed by atoms with E-state index >= 15 is 0 Å². The summed E-state index contributed by atoms with van der Waals surface area (Å²) >= 11 is 1.40. The van der Waals surface area contributed by atoms with E-state index in [1.807, 2.05) is 30.5 Å². The first-order valence-electron chi connectivity index (χ1n) is 8.78. The molecule has 0 unspecified atom stereocenters. The third kappa shape index (κ3) is 4.39. The average Bonchev–Trinajstić information content (AvgIpc) is 3.29. The second kappa shape index (κ2) is 8.39. The molecule has 3 rings (SSSR count). The van der Waals surface area contributed by atoms with Gasteiger partial charge >= 0.3 is 0 Å². The Bertz CT molecular complexity index is 836. The highest BCUT2D eigenvalue weighted by Crippen LogP contribution is 2.29. The predicted octanol–water partition coefficient (Wildman–Crippen LogP) is 2.71. The Balaban J connectivity index is 1.64. The fourth-order valence-corrected chi connectivity index (χ4v) is 3.93. The van der Waals surface area contributed by atoms with Crippen LogP contribution >= 0.6 is 11.3 Å². The first kappa shape index (κ1) is 19.2. The van der Waals surface area contributed by atoms with E-state index in [4.69, 9.17) is 9.47 Å². The number of carbonyl (C=O) groups is 2. The fraction of sp³-hybridized carbons (Fsp3) is 0.421. The zero-order chi connectivity index (χ0) is 19.4. The van der Waals surface area contributed by atoms with Crippen LogP contribution in [0.3, 0.4) is 0 Å². The molecule has 1 aromatic heterocycles. The van der Waals surface area contributed by atoms with E-state index in [2.05, 4.69) is 10.3 Å². The van der Waals surface area contributed by atoms with Gasteiger partial charge < -0.3 is 14.8 Å². The Labute approximate surface area is 162 Å². The molecule has 2 amide bonds. The van der Waals surface area contributed by atoms with Crippen LogP contribution in [0.25, 0.3) is 0 Å². The summed E-state index contributed by atoms with van der Waals surface area (Å²) in [6, 6.07) is 5.23. The summed E-state index contributed by atoms with van der Waals surface area (Å²) in [5.41, 5.74) is 1.50. The number of hydrogen-bond acceptors (Lipinski definition) is 6. The lowest BCUT2D eigenvalue weighted by Gasteiger charge is -2.18. The third-order valence-electron chi connectivity index (χ3n) is 4.47. The molecule has 0 radical (unpaired) electrons. The number of rotatable bonds is 7. The average molecular weight is 389 g/mol. The second-order valence-electron chi connectivity index (χ2n) is 6.34. The Kier molecular flexibility index (Phi) is 5.95. The maximum absolute atomic E-state index is 12.4. The van der Waals surface area contributed by atoms with E-state index < -0.39 is 0 Å². The normalized spacial score (nSPS) is 14.9. The van der Waals surface area contributed by atoms with Crippen LogP contribution in [-0.2, 0) is 16.0 Å². The van der Waals surface area contributed by atoms with Gasteiger partial charge in [0.15, 0.2) is 5.13 Å². The van der Waals surface area contributed by atoms with Crippen molar-refractivity contribution < 1.29 is 19.1 Å². The highest BCUT2D eigenvalue weighted by atomic mass is 32.1. The number of amides is 2. The van der Waals surface area contributed by atoms with Crippen molar-refractivity contribution in [2.24, 2.45) is 0 Å². The smallest absolute Gasteiger partial charge is 0.228 e. The molecule has 0 saturated carbocycles. The molecule has 1 saturated heterocycles. The molecule has 1 aliphatic heterocycles. The van der Waals surface area contributed by atoms with E-state index in [0.29, 0.717) is 35.3 Å². The fourth-order valence-electron chi connectivity index (χ4n) is 3.06. The summed E-state index contributed by atoms with van der Waals surface area (Å²) in [5, 5.41) is 5.47. The van der Waals surface area contributed by atoms with Gasteiger partial charge in [0, 0.05) is 23.9 Å². The minimum Gasteiger partial charge on any atom is -0.497 e. The van der Waals surface area contributed by atoms with Gasteiger partial charge in [-0.05, 0) is 31.5 Å². The topological polar surface area (TPSA) is 80.8 Å². The number of nitrogens with one attached hydrogen (secondary N) is 1. The summed E-state index contributed by atoms with van der Waals surface area (Å²) in [6.07, 6.45) is 1.58. The van der Waals surface area contributed by atoms with Gasteiger partial charge in [0.1, 0.15) is 11.5 Å². The first-order chi connectivity index (χ1) is 13.0. The van der Waals surface area contributed by atoms with Crippen molar-refractivity contribution in [3.8, 4) is 11.5 Å². The third-order valence-corrected chi connectivity index (χ3v) is 5.38. The van der Waals surface area contributed by atoms with Crippen LogP contribution < -0.4 is 19.7 Å². The molecule has 1 N–H and O–H groups in total. The van der Waals surface area contributed by atoms with Crippen LogP contribution in [0.2, 0.25) is 0 Å². The van der Waals surface area contributed by atoms with E-state index in [0.717, 1.165) is 12.0 Å². The number of aromatic nitrogens is 1. The molecule has 0 aliphatic carbocycles. The highest BCUT2D eigenvalue weighted by molar-refractivity contribution is 7.14. The van der Waals surface area contributed by atoms with E-state index in [1.54, 1.807) is 19.1 Å². The monoisotopic (exact) mass is 389 g/mol. The summed E-state index contributed by atoms with van der Waals surface area (Å²) in [7, 11) is 3.19. The van der Waals surface area contributed by atoms with Gasteiger partial charge in [0.05, 0.1) is 32.4 Å². The van der Waals surface area contributed by atoms with Crippen molar-refractivity contribution in [1.82, 2.24) is 10.3 Å². The van der Waals surface area contributed by atoms with E-state index in [-0.39, 0.29) is 24.3 Å². The first-order valence-corrected chi connectivity index (χ1v) is 9.66. The summed E-state index contributed by atoms with van der Waals surface area (Å²) in [4.78, 5) is 30.4. The largest absolute Gasteiger partial charge is 0.497 e. The molecular weight excluding hydrogens is 366 g/mol. The Morgan fingerprint density at radius 1 is 1.37 bits per heavy atom. The van der Waals surface area contributed by atoms with Crippen LogP contribution in [0.4, 0.5) is 5.13 Å². The molecule has 2 aromatic rings. The molecular formula is C19H23N3O4S. The van der Waals surface area contributed by atoms with Gasteiger partial charge in [-0.3, -0.25) is 14.5 Å². The minimum absolute atomic E-state index is 0.0964. The van der Waals surface area contributed by atoms with Crippen LogP contribution in [0, 0.1) is 0 Å².